The number of nitrogens with one attached hydrogen (secondary N) is 2. The molecule has 98 valence electrons. The fourth-order valence-electron chi connectivity index (χ4n) is 1.83. The van der Waals surface area contributed by atoms with Gasteiger partial charge in [0.2, 0.25) is 5.91 Å². The van der Waals surface area contributed by atoms with Gasteiger partial charge >= 0.3 is 0 Å². The summed E-state index contributed by atoms with van der Waals surface area (Å²) in [5.74, 6) is -0.0490. The monoisotopic (exact) mass is 254 g/mol. The number of carbonyl (C=O) groups is 1. The molecule has 0 saturated carbocycles. The van der Waals surface area contributed by atoms with E-state index in [-0.39, 0.29) is 12.5 Å². The number of amides is 1. The average Bonchev–Trinajstić information content (AvgIpc) is 2.41. The number of carbonyl (C=O) groups excluding carboxylic acids is 1. The smallest absolute Gasteiger partial charge is 0.243 e. The van der Waals surface area contributed by atoms with Gasteiger partial charge in [0.1, 0.15) is 0 Å². The van der Waals surface area contributed by atoms with Crippen LogP contribution in [-0.2, 0) is 4.79 Å². The van der Waals surface area contributed by atoms with E-state index in [0.717, 1.165) is 16.9 Å². The lowest BCUT2D eigenvalue weighted by Crippen LogP contribution is -2.22. The zero-order valence-corrected chi connectivity index (χ0v) is 11.2. The number of aryl methyl sites for hydroxylation is 2. The number of anilines is 2. The molecule has 0 aromatic heterocycles. The Labute approximate surface area is 113 Å². The van der Waals surface area contributed by atoms with Crippen LogP contribution in [0.15, 0.2) is 48.5 Å². The molecule has 19 heavy (non-hydrogen) atoms. The van der Waals surface area contributed by atoms with Crippen LogP contribution >= 0.6 is 0 Å². The summed E-state index contributed by atoms with van der Waals surface area (Å²) in [4.78, 5) is 11.8. The summed E-state index contributed by atoms with van der Waals surface area (Å²) in [6, 6.07) is 15.6. The van der Waals surface area contributed by atoms with Gasteiger partial charge in [0.25, 0.3) is 0 Å². The highest BCUT2D eigenvalue weighted by Gasteiger charge is 2.03. The van der Waals surface area contributed by atoms with Crippen LogP contribution in [0, 0.1) is 13.8 Å². The average molecular weight is 254 g/mol. The first-order chi connectivity index (χ1) is 9.15. The molecule has 0 radical (unpaired) electrons. The second-order valence-corrected chi connectivity index (χ2v) is 4.59. The molecule has 0 aliphatic carbocycles. The Bertz CT molecular complexity index is 564. The van der Waals surface area contributed by atoms with Gasteiger partial charge in [-0.1, -0.05) is 30.3 Å². The zero-order valence-electron chi connectivity index (χ0n) is 11.2. The second-order valence-electron chi connectivity index (χ2n) is 4.59. The Morgan fingerprint density at radius 3 is 2.53 bits per heavy atom. The van der Waals surface area contributed by atoms with Gasteiger partial charge in [0, 0.05) is 11.4 Å². The van der Waals surface area contributed by atoms with Crippen molar-refractivity contribution in [1.82, 2.24) is 0 Å². The summed E-state index contributed by atoms with van der Waals surface area (Å²) < 4.78 is 0. The molecule has 3 heteroatoms. The number of hydrogen-bond acceptors (Lipinski definition) is 2. The zero-order chi connectivity index (χ0) is 13.7. The Morgan fingerprint density at radius 2 is 1.79 bits per heavy atom. The van der Waals surface area contributed by atoms with E-state index in [1.54, 1.807) is 0 Å². The van der Waals surface area contributed by atoms with Crippen molar-refractivity contribution < 1.29 is 4.79 Å². The number of rotatable bonds is 4. The maximum absolute atomic E-state index is 11.8. The fraction of sp³-hybridized carbons (Fsp3) is 0.188. The minimum Gasteiger partial charge on any atom is -0.376 e. The van der Waals surface area contributed by atoms with Gasteiger partial charge in [-0.05, 0) is 43.2 Å². The predicted molar refractivity (Wildman–Crippen MR) is 79.5 cm³/mol. The molecule has 0 unspecified atom stereocenters. The van der Waals surface area contributed by atoms with E-state index in [9.17, 15) is 4.79 Å². The lowest BCUT2D eigenvalue weighted by molar-refractivity contribution is -0.114. The molecule has 1 amide bonds. The van der Waals surface area contributed by atoms with Gasteiger partial charge in [0.05, 0.1) is 6.54 Å². The summed E-state index contributed by atoms with van der Waals surface area (Å²) in [5, 5.41) is 6.01. The van der Waals surface area contributed by atoms with Gasteiger partial charge in [-0.2, -0.15) is 0 Å². The number of para-hydroxylation sites is 1. The van der Waals surface area contributed by atoms with Crippen LogP contribution in [-0.4, -0.2) is 12.5 Å². The second kappa shape index (κ2) is 6.05. The maximum Gasteiger partial charge on any atom is 0.243 e. The summed E-state index contributed by atoms with van der Waals surface area (Å²) >= 11 is 0. The van der Waals surface area contributed by atoms with Crippen LogP contribution in [0.1, 0.15) is 11.1 Å². The van der Waals surface area contributed by atoms with E-state index in [1.807, 2.05) is 56.3 Å². The first kappa shape index (κ1) is 13.1. The molecular formula is C16H18N2O. The quantitative estimate of drug-likeness (QED) is 0.878. The Morgan fingerprint density at radius 1 is 1.05 bits per heavy atom. The van der Waals surface area contributed by atoms with Crippen molar-refractivity contribution in [2.75, 3.05) is 17.2 Å². The van der Waals surface area contributed by atoms with Crippen LogP contribution < -0.4 is 10.6 Å². The minimum atomic E-state index is -0.0490. The fourth-order valence-corrected chi connectivity index (χ4v) is 1.83. The van der Waals surface area contributed by atoms with Crippen LogP contribution in [0.2, 0.25) is 0 Å². The van der Waals surface area contributed by atoms with Gasteiger partial charge < -0.3 is 10.6 Å². The molecule has 0 fully saturated rings. The van der Waals surface area contributed by atoms with Crippen molar-refractivity contribution in [2.45, 2.75) is 13.8 Å². The first-order valence-electron chi connectivity index (χ1n) is 6.31. The van der Waals surface area contributed by atoms with Crippen molar-refractivity contribution in [2.24, 2.45) is 0 Å². The summed E-state index contributed by atoms with van der Waals surface area (Å²) in [6.07, 6.45) is 0. The Balaban J connectivity index is 1.92. The molecule has 3 nitrogen and oxygen atoms in total. The van der Waals surface area contributed by atoms with E-state index < -0.39 is 0 Å². The molecule has 0 saturated heterocycles. The lowest BCUT2D eigenvalue weighted by Gasteiger charge is -2.10. The molecule has 2 rings (SSSR count). The predicted octanol–water partition coefficient (Wildman–Crippen LogP) is 3.35. The number of hydrogen-bond donors (Lipinski definition) is 2. The van der Waals surface area contributed by atoms with E-state index >= 15 is 0 Å². The molecule has 0 heterocycles. The van der Waals surface area contributed by atoms with Crippen molar-refractivity contribution in [3.05, 3.63) is 59.7 Å². The molecule has 0 aliphatic heterocycles. The largest absolute Gasteiger partial charge is 0.376 e. The van der Waals surface area contributed by atoms with Crippen LogP contribution in [0.25, 0.3) is 0 Å². The standard InChI is InChI=1S/C16H18N2O/c1-12-8-9-13(2)15(10-12)17-11-16(19)18-14-6-4-3-5-7-14/h3-10,17H,11H2,1-2H3,(H,18,19). The normalized spacial score (nSPS) is 10.0. The van der Waals surface area contributed by atoms with Crippen molar-refractivity contribution >= 4 is 17.3 Å². The van der Waals surface area contributed by atoms with Crippen LogP contribution in [0.5, 0.6) is 0 Å². The maximum atomic E-state index is 11.8. The highest BCUT2D eigenvalue weighted by atomic mass is 16.1. The highest BCUT2D eigenvalue weighted by Crippen LogP contribution is 2.16. The summed E-state index contributed by atoms with van der Waals surface area (Å²) in [5.41, 5.74) is 4.13. The van der Waals surface area contributed by atoms with Crippen LogP contribution in [0.4, 0.5) is 11.4 Å². The molecule has 0 bridgehead atoms. The van der Waals surface area contributed by atoms with Crippen molar-refractivity contribution in [3.63, 3.8) is 0 Å². The molecule has 2 aromatic carbocycles. The van der Waals surface area contributed by atoms with Crippen LogP contribution in [0.3, 0.4) is 0 Å². The van der Waals surface area contributed by atoms with E-state index in [1.165, 1.54) is 5.56 Å². The molecular weight excluding hydrogens is 236 g/mol. The molecule has 0 spiro atoms. The van der Waals surface area contributed by atoms with Gasteiger partial charge in [0.15, 0.2) is 0 Å². The van der Waals surface area contributed by atoms with Gasteiger partial charge in [-0.3, -0.25) is 4.79 Å². The molecule has 0 aliphatic rings. The third-order valence-corrected chi connectivity index (χ3v) is 2.89. The highest BCUT2D eigenvalue weighted by molar-refractivity contribution is 5.93. The van der Waals surface area contributed by atoms with E-state index in [4.69, 9.17) is 0 Å². The molecule has 2 N–H and O–H groups in total. The summed E-state index contributed by atoms with van der Waals surface area (Å²) in [6.45, 7) is 4.32. The Kier molecular flexibility index (Phi) is 4.18. The SMILES string of the molecule is Cc1ccc(C)c(NCC(=O)Nc2ccccc2)c1. The van der Waals surface area contributed by atoms with Gasteiger partial charge in [-0.25, -0.2) is 0 Å². The molecule has 0 atom stereocenters. The van der Waals surface area contributed by atoms with Gasteiger partial charge in [-0.15, -0.1) is 0 Å². The van der Waals surface area contributed by atoms with E-state index in [0.29, 0.717) is 0 Å². The number of benzene rings is 2. The Hall–Kier alpha value is -2.29. The minimum absolute atomic E-state index is 0.0490. The first-order valence-corrected chi connectivity index (χ1v) is 6.31. The summed E-state index contributed by atoms with van der Waals surface area (Å²) in [7, 11) is 0. The van der Waals surface area contributed by atoms with E-state index in [2.05, 4.69) is 16.7 Å². The third kappa shape index (κ3) is 3.85. The van der Waals surface area contributed by atoms with Crippen molar-refractivity contribution in [1.29, 1.82) is 0 Å². The third-order valence-electron chi connectivity index (χ3n) is 2.89. The molecule has 2 aromatic rings. The topological polar surface area (TPSA) is 41.1 Å². The lowest BCUT2D eigenvalue weighted by atomic mass is 10.1. The van der Waals surface area contributed by atoms with Crippen molar-refractivity contribution in [3.8, 4) is 0 Å².